The molecular weight excluding hydrogens is 189 g/mol. The van der Waals surface area contributed by atoms with Crippen LogP contribution in [0.15, 0.2) is 42.6 Å². The Balaban J connectivity index is 2.40. The van der Waals surface area contributed by atoms with Crippen LogP contribution in [0.2, 0.25) is 0 Å². The quantitative estimate of drug-likeness (QED) is 0.724. The van der Waals surface area contributed by atoms with Gasteiger partial charge in [-0.3, -0.25) is 4.98 Å². The second kappa shape index (κ2) is 4.22. The molecule has 1 heterocycles. The second-order valence-corrected chi connectivity index (χ2v) is 3.55. The Hall–Kier alpha value is -1.70. The highest BCUT2D eigenvalue weighted by atomic mass is 19.1. The van der Waals surface area contributed by atoms with Crippen molar-refractivity contribution in [3.63, 3.8) is 0 Å². The van der Waals surface area contributed by atoms with Gasteiger partial charge in [-0.1, -0.05) is 24.3 Å². The van der Waals surface area contributed by atoms with E-state index in [0.29, 0.717) is 5.56 Å². The molecule has 76 valence electrons. The Bertz CT molecular complexity index is 448. The van der Waals surface area contributed by atoms with Gasteiger partial charge in [0.2, 0.25) is 0 Å². The Morgan fingerprint density at radius 2 is 2.07 bits per heavy atom. The summed E-state index contributed by atoms with van der Waals surface area (Å²) in [4.78, 5) is 4.30. The van der Waals surface area contributed by atoms with Crippen molar-refractivity contribution in [1.82, 2.24) is 4.98 Å². The largest absolute Gasteiger partial charge is 0.256 e. The van der Waals surface area contributed by atoms with Gasteiger partial charge in [-0.05, 0) is 30.2 Å². The lowest BCUT2D eigenvalue weighted by Crippen LogP contribution is -1.85. The molecule has 0 N–H and O–H groups in total. The first-order chi connectivity index (χ1) is 7.29. The molecule has 2 heteroatoms. The highest BCUT2D eigenvalue weighted by Crippen LogP contribution is 2.18. The molecule has 0 aliphatic heterocycles. The van der Waals surface area contributed by atoms with E-state index in [4.69, 9.17) is 0 Å². The summed E-state index contributed by atoms with van der Waals surface area (Å²) >= 11 is 0. The van der Waals surface area contributed by atoms with Crippen LogP contribution in [0, 0.1) is 6.92 Å². The van der Waals surface area contributed by atoms with Gasteiger partial charge in [0, 0.05) is 11.8 Å². The molecule has 0 aliphatic carbocycles. The van der Waals surface area contributed by atoms with Crippen LogP contribution < -0.4 is 0 Å². The first-order valence-electron chi connectivity index (χ1n) is 4.87. The van der Waals surface area contributed by atoms with Gasteiger partial charge < -0.3 is 0 Å². The van der Waals surface area contributed by atoms with Crippen LogP contribution in [0.4, 0.5) is 4.39 Å². The van der Waals surface area contributed by atoms with E-state index in [2.05, 4.69) is 4.98 Å². The van der Waals surface area contributed by atoms with E-state index in [9.17, 15) is 4.39 Å². The van der Waals surface area contributed by atoms with Crippen LogP contribution in [0.1, 0.15) is 11.1 Å². The average molecular weight is 201 g/mol. The Kier molecular flexibility index (Phi) is 2.77. The number of benzene rings is 1. The zero-order valence-corrected chi connectivity index (χ0v) is 8.57. The van der Waals surface area contributed by atoms with Crippen LogP contribution in [0.5, 0.6) is 0 Å². The van der Waals surface area contributed by atoms with Crippen molar-refractivity contribution >= 4 is 0 Å². The maximum Gasteiger partial charge on any atom is 0.115 e. The fraction of sp³-hybridized carbons (Fsp3) is 0.154. The summed E-state index contributed by atoms with van der Waals surface area (Å²) < 4.78 is 12.5. The average Bonchev–Trinajstić information content (AvgIpc) is 2.30. The molecule has 0 spiro atoms. The maximum absolute atomic E-state index is 12.5. The molecule has 2 rings (SSSR count). The van der Waals surface area contributed by atoms with Crippen molar-refractivity contribution in [2.24, 2.45) is 0 Å². The van der Waals surface area contributed by atoms with E-state index in [1.807, 2.05) is 43.5 Å². The standard InChI is InChI=1S/C13H12FN/c1-10-5-6-13(15-9-10)12-4-2-3-11(7-12)8-14/h2-7,9H,8H2,1H3. The summed E-state index contributed by atoms with van der Waals surface area (Å²) in [5.74, 6) is 0. The third-order valence-corrected chi connectivity index (χ3v) is 2.29. The number of alkyl halides is 1. The number of pyridine rings is 1. The van der Waals surface area contributed by atoms with Gasteiger partial charge in [0.25, 0.3) is 0 Å². The molecule has 1 nitrogen and oxygen atoms in total. The van der Waals surface area contributed by atoms with Crippen molar-refractivity contribution in [2.75, 3.05) is 0 Å². The highest BCUT2D eigenvalue weighted by Gasteiger charge is 1.99. The first-order valence-corrected chi connectivity index (χ1v) is 4.87. The van der Waals surface area contributed by atoms with Gasteiger partial charge in [0.15, 0.2) is 0 Å². The number of halogens is 1. The molecule has 1 aromatic carbocycles. The van der Waals surface area contributed by atoms with E-state index in [0.717, 1.165) is 16.8 Å². The normalized spacial score (nSPS) is 10.3. The number of aromatic nitrogens is 1. The number of nitrogens with zero attached hydrogens (tertiary/aromatic N) is 1. The lowest BCUT2D eigenvalue weighted by Gasteiger charge is -2.02. The number of hydrogen-bond donors (Lipinski definition) is 0. The fourth-order valence-corrected chi connectivity index (χ4v) is 1.45. The molecule has 0 fully saturated rings. The van der Waals surface area contributed by atoms with Gasteiger partial charge in [0.05, 0.1) is 5.69 Å². The topological polar surface area (TPSA) is 12.9 Å². The lowest BCUT2D eigenvalue weighted by molar-refractivity contribution is 0.485. The van der Waals surface area contributed by atoms with Crippen molar-refractivity contribution < 1.29 is 4.39 Å². The number of hydrogen-bond acceptors (Lipinski definition) is 1. The molecule has 0 amide bonds. The molecule has 0 saturated carbocycles. The van der Waals surface area contributed by atoms with Crippen LogP contribution in [-0.2, 0) is 6.67 Å². The summed E-state index contributed by atoms with van der Waals surface area (Å²) in [5.41, 5.74) is 3.66. The molecule has 0 aliphatic rings. The van der Waals surface area contributed by atoms with Crippen molar-refractivity contribution in [3.8, 4) is 11.3 Å². The predicted molar refractivity (Wildman–Crippen MR) is 59.2 cm³/mol. The van der Waals surface area contributed by atoms with E-state index < -0.39 is 6.67 Å². The molecule has 0 saturated heterocycles. The van der Waals surface area contributed by atoms with Crippen LogP contribution >= 0.6 is 0 Å². The van der Waals surface area contributed by atoms with Gasteiger partial charge in [-0.15, -0.1) is 0 Å². The van der Waals surface area contributed by atoms with Gasteiger partial charge in [-0.25, -0.2) is 4.39 Å². The van der Waals surface area contributed by atoms with E-state index >= 15 is 0 Å². The molecule has 0 atom stereocenters. The molecule has 15 heavy (non-hydrogen) atoms. The minimum atomic E-state index is -0.431. The van der Waals surface area contributed by atoms with Crippen LogP contribution in [0.25, 0.3) is 11.3 Å². The van der Waals surface area contributed by atoms with Crippen molar-refractivity contribution in [2.45, 2.75) is 13.6 Å². The SMILES string of the molecule is Cc1ccc(-c2cccc(CF)c2)nc1. The summed E-state index contributed by atoms with van der Waals surface area (Å²) in [6.07, 6.45) is 1.82. The molecular formula is C13H12FN. The summed E-state index contributed by atoms with van der Waals surface area (Å²) in [5, 5.41) is 0. The zero-order valence-electron chi connectivity index (χ0n) is 8.57. The molecule has 0 bridgehead atoms. The minimum Gasteiger partial charge on any atom is -0.256 e. The Labute approximate surface area is 88.6 Å². The van der Waals surface area contributed by atoms with Crippen molar-refractivity contribution in [1.29, 1.82) is 0 Å². The summed E-state index contributed by atoms with van der Waals surface area (Å²) in [6, 6.07) is 11.4. The van der Waals surface area contributed by atoms with Gasteiger partial charge in [-0.2, -0.15) is 0 Å². The second-order valence-electron chi connectivity index (χ2n) is 3.55. The van der Waals surface area contributed by atoms with Crippen LogP contribution in [0.3, 0.4) is 0 Å². The number of rotatable bonds is 2. The van der Waals surface area contributed by atoms with Crippen LogP contribution in [-0.4, -0.2) is 4.98 Å². The first kappa shape index (κ1) is 9.84. The maximum atomic E-state index is 12.5. The smallest absolute Gasteiger partial charge is 0.115 e. The Morgan fingerprint density at radius 3 is 2.73 bits per heavy atom. The summed E-state index contributed by atoms with van der Waals surface area (Å²) in [6.45, 7) is 1.56. The highest BCUT2D eigenvalue weighted by molar-refractivity contribution is 5.59. The molecule has 0 radical (unpaired) electrons. The van der Waals surface area contributed by atoms with E-state index in [-0.39, 0.29) is 0 Å². The minimum absolute atomic E-state index is 0.431. The fourth-order valence-electron chi connectivity index (χ4n) is 1.45. The lowest BCUT2D eigenvalue weighted by atomic mass is 10.1. The third-order valence-electron chi connectivity index (χ3n) is 2.29. The van der Waals surface area contributed by atoms with E-state index in [1.54, 1.807) is 6.07 Å². The third kappa shape index (κ3) is 2.21. The monoisotopic (exact) mass is 201 g/mol. The Morgan fingerprint density at radius 1 is 1.20 bits per heavy atom. The van der Waals surface area contributed by atoms with Gasteiger partial charge >= 0.3 is 0 Å². The molecule has 2 aromatic rings. The predicted octanol–water partition coefficient (Wildman–Crippen LogP) is 3.53. The molecule has 1 aromatic heterocycles. The van der Waals surface area contributed by atoms with E-state index in [1.165, 1.54) is 0 Å². The summed E-state index contributed by atoms with van der Waals surface area (Å²) in [7, 11) is 0. The van der Waals surface area contributed by atoms with Gasteiger partial charge in [0.1, 0.15) is 6.67 Å². The zero-order chi connectivity index (χ0) is 10.7. The van der Waals surface area contributed by atoms with Crippen molar-refractivity contribution in [3.05, 3.63) is 53.7 Å². The number of aryl methyl sites for hydroxylation is 1. The molecule has 0 unspecified atom stereocenters.